The molecular formula is C18H23BrN2O. The maximum atomic E-state index is 10.9. The molecule has 0 unspecified atom stereocenters. The van der Waals surface area contributed by atoms with E-state index in [1.165, 1.54) is 11.1 Å². The molecule has 1 heterocycles. The highest BCUT2D eigenvalue weighted by atomic mass is 79.9. The van der Waals surface area contributed by atoms with Crippen molar-refractivity contribution >= 4 is 22.2 Å². The van der Waals surface area contributed by atoms with Crippen molar-refractivity contribution in [2.45, 2.75) is 52.4 Å². The molecule has 1 N–H and O–H groups in total. The zero-order valence-electron chi connectivity index (χ0n) is 14.0. The maximum Gasteiger partial charge on any atom is 0.185 e. The molecule has 0 spiro atoms. The van der Waals surface area contributed by atoms with Crippen molar-refractivity contribution in [1.82, 2.24) is 9.97 Å². The molecule has 0 atom stereocenters. The molecule has 118 valence electrons. The van der Waals surface area contributed by atoms with Gasteiger partial charge in [0.25, 0.3) is 0 Å². The SMILES string of the molecule is CC(C)(C)c1cc(-c2nc(C=O)[nH]c2Br)cc(C(C)(C)C)c1. The average molecular weight is 363 g/mol. The number of carbonyl (C=O) groups excluding carboxylic acids is 1. The minimum Gasteiger partial charge on any atom is -0.330 e. The van der Waals surface area contributed by atoms with Crippen molar-refractivity contribution in [3.8, 4) is 11.3 Å². The van der Waals surface area contributed by atoms with Crippen molar-refractivity contribution in [2.24, 2.45) is 0 Å². The number of halogens is 1. The summed E-state index contributed by atoms with van der Waals surface area (Å²) in [5, 5.41) is 0. The van der Waals surface area contributed by atoms with E-state index in [1.807, 2.05) is 0 Å². The predicted molar refractivity (Wildman–Crippen MR) is 94.5 cm³/mol. The first-order valence-electron chi connectivity index (χ1n) is 7.39. The molecule has 0 aliphatic heterocycles. The summed E-state index contributed by atoms with van der Waals surface area (Å²) >= 11 is 3.47. The molecule has 1 aromatic heterocycles. The number of H-pyrrole nitrogens is 1. The van der Waals surface area contributed by atoms with Crippen LogP contribution in [0.2, 0.25) is 0 Å². The smallest absolute Gasteiger partial charge is 0.185 e. The Labute approximate surface area is 140 Å². The Morgan fingerprint density at radius 1 is 1.00 bits per heavy atom. The van der Waals surface area contributed by atoms with Gasteiger partial charge in [0.2, 0.25) is 0 Å². The Balaban J connectivity index is 2.69. The topological polar surface area (TPSA) is 45.8 Å². The van der Waals surface area contributed by atoms with Gasteiger partial charge in [-0.25, -0.2) is 4.98 Å². The Bertz CT molecular complexity index is 671. The van der Waals surface area contributed by atoms with E-state index < -0.39 is 0 Å². The van der Waals surface area contributed by atoms with Gasteiger partial charge in [0, 0.05) is 5.56 Å². The highest BCUT2D eigenvalue weighted by molar-refractivity contribution is 9.10. The number of imidazole rings is 1. The first-order valence-corrected chi connectivity index (χ1v) is 8.19. The number of nitrogens with zero attached hydrogens (tertiary/aromatic N) is 1. The maximum absolute atomic E-state index is 10.9. The van der Waals surface area contributed by atoms with Crippen LogP contribution in [0.5, 0.6) is 0 Å². The third-order valence-corrected chi connectivity index (χ3v) is 4.30. The highest BCUT2D eigenvalue weighted by Gasteiger charge is 2.22. The van der Waals surface area contributed by atoms with E-state index in [2.05, 4.69) is 85.6 Å². The summed E-state index contributed by atoms with van der Waals surface area (Å²) in [7, 11) is 0. The van der Waals surface area contributed by atoms with Gasteiger partial charge in [-0.3, -0.25) is 4.79 Å². The van der Waals surface area contributed by atoms with Crippen LogP contribution in [0.25, 0.3) is 11.3 Å². The van der Waals surface area contributed by atoms with Crippen molar-refractivity contribution in [1.29, 1.82) is 0 Å². The summed E-state index contributed by atoms with van der Waals surface area (Å²) in [5.74, 6) is 0.334. The number of aromatic amines is 1. The molecule has 0 bridgehead atoms. The largest absolute Gasteiger partial charge is 0.330 e. The van der Waals surface area contributed by atoms with Crippen LogP contribution in [0.15, 0.2) is 22.8 Å². The highest BCUT2D eigenvalue weighted by Crippen LogP contribution is 2.35. The lowest BCUT2D eigenvalue weighted by molar-refractivity contribution is 0.111. The predicted octanol–water partition coefficient (Wildman–Crippen LogP) is 5.25. The second kappa shape index (κ2) is 5.65. The summed E-state index contributed by atoms with van der Waals surface area (Å²) in [6.07, 6.45) is 0.729. The molecule has 0 aliphatic rings. The Hall–Kier alpha value is -1.42. The van der Waals surface area contributed by atoms with Crippen LogP contribution in [0.1, 0.15) is 63.3 Å². The van der Waals surface area contributed by atoms with Crippen LogP contribution in [-0.2, 0) is 10.8 Å². The van der Waals surface area contributed by atoms with E-state index in [4.69, 9.17) is 0 Å². The number of aldehydes is 1. The fourth-order valence-electron chi connectivity index (χ4n) is 2.25. The van der Waals surface area contributed by atoms with Crippen molar-refractivity contribution in [3.63, 3.8) is 0 Å². The van der Waals surface area contributed by atoms with Gasteiger partial charge < -0.3 is 4.98 Å². The first kappa shape index (κ1) is 16.9. The number of hydrogen-bond donors (Lipinski definition) is 1. The van der Waals surface area contributed by atoms with Gasteiger partial charge >= 0.3 is 0 Å². The second-order valence-electron chi connectivity index (χ2n) is 7.70. The van der Waals surface area contributed by atoms with Crippen molar-refractivity contribution < 1.29 is 4.79 Å². The third kappa shape index (κ3) is 3.49. The van der Waals surface area contributed by atoms with E-state index in [1.54, 1.807) is 0 Å². The molecule has 2 aromatic rings. The van der Waals surface area contributed by atoms with E-state index in [9.17, 15) is 4.79 Å². The summed E-state index contributed by atoms with van der Waals surface area (Å²) < 4.78 is 0.737. The van der Waals surface area contributed by atoms with Crippen LogP contribution >= 0.6 is 15.9 Å². The summed E-state index contributed by atoms with van der Waals surface area (Å²) in [5.41, 5.74) is 4.42. The van der Waals surface area contributed by atoms with Crippen LogP contribution in [0, 0.1) is 0 Å². The third-order valence-electron chi connectivity index (χ3n) is 3.73. The van der Waals surface area contributed by atoms with Gasteiger partial charge in [0.1, 0.15) is 10.3 Å². The number of benzene rings is 1. The number of aromatic nitrogens is 2. The minimum atomic E-state index is 0.0479. The van der Waals surface area contributed by atoms with E-state index in [-0.39, 0.29) is 10.8 Å². The summed E-state index contributed by atoms with van der Waals surface area (Å²) in [6, 6.07) is 6.58. The van der Waals surface area contributed by atoms with Crippen LogP contribution in [0.3, 0.4) is 0 Å². The van der Waals surface area contributed by atoms with Crippen LogP contribution in [0.4, 0.5) is 0 Å². The fraction of sp³-hybridized carbons (Fsp3) is 0.444. The molecule has 1 aromatic carbocycles. The Kier molecular flexibility index (Phi) is 4.35. The lowest BCUT2D eigenvalue weighted by Crippen LogP contribution is -2.16. The first-order chi connectivity index (χ1) is 10.0. The number of nitrogens with one attached hydrogen (secondary N) is 1. The molecule has 0 saturated heterocycles. The summed E-state index contributed by atoms with van der Waals surface area (Å²) in [4.78, 5) is 18.3. The van der Waals surface area contributed by atoms with E-state index in [0.29, 0.717) is 5.82 Å². The van der Waals surface area contributed by atoms with Crippen LogP contribution in [-0.4, -0.2) is 16.3 Å². The monoisotopic (exact) mass is 362 g/mol. The standard InChI is InChI=1S/C18H23BrN2O/c1-17(2,3)12-7-11(8-13(9-12)18(4,5)6)15-16(19)21-14(10-22)20-15/h7-10H,1-6H3,(H,20,21). The second-order valence-corrected chi connectivity index (χ2v) is 8.49. The molecule has 0 amide bonds. The lowest BCUT2D eigenvalue weighted by Gasteiger charge is -2.26. The minimum absolute atomic E-state index is 0.0479. The lowest BCUT2D eigenvalue weighted by atomic mass is 9.79. The molecule has 0 fully saturated rings. The van der Waals surface area contributed by atoms with Crippen molar-refractivity contribution in [2.75, 3.05) is 0 Å². The van der Waals surface area contributed by atoms with Gasteiger partial charge in [0.15, 0.2) is 12.1 Å². The molecular weight excluding hydrogens is 340 g/mol. The van der Waals surface area contributed by atoms with Gasteiger partial charge in [-0.15, -0.1) is 0 Å². The molecule has 2 rings (SSSR count). The zero-order chi connectivity index (χ0) is 16.7. The summed E-state index contributed by atoms with van der Waals surface area (Å²) in [6.45, 7) is 13.2. The molecule has 0 aliphatic carbocycles. The molecule has 0 radical (unpaired) electrons. The number of carbonyl (C=O) groups is 1. The average Bonchev–Trinajstić information content (AvgIpc) is 2.77. The van der Waals surface area contributed by atoms with Crippen molar-refractivity contribution in [3.05, 3.63) is 39.8 Å². The van der Waals surface area contributed by atoms with Gasteiger partial charge in [-0.05, 0) is 50.0 Å². The zero-order valence-corrected chi connectivity index (χ0v) is 15.6. The number of rotatable bonds is 2. The van der Waals surface area contributed by atoms with Gasteiger partial charge in [0.05, 0.1) is 0 Å². The molecule has 3 nitrogen and oxygen atoms in total. The molecule has 22 heavy (non-hydrogen) atoms. The Morgan fingerprint density at radius 2 is 1.50 bits per heavy atom. The van der Waals surface area contributed by atoms with E-state index >= 15 is 0 Å². The molecule has 0 saturated carbocycles. The normalized spacial score (nSPS) is 12.5. The van der Waals surface area contributed by atoms with Gasteiger partial charge in [-0.2, -0.15) is 0 Å². The van der Waals surface area contributed by atoms with Gasteiger partial charge in [-0.1, -0.05) is 47.6 Å². The Morgan fingerprint density at radius 3 is 1.86 bits per heavy atom. The number of hydrogen-bond acceptors (Lipinski definition) is 2. The molecule has 4 heteroatoms. The van der Waals surface area contributed by atoms with Crippen LogP contribution < -0.4 is 0 Å². The van der Waals surface area contributed by atoms with E-state index in [0.717, 1.165) is 22.1 Å². The quantitative estimate of drug-likeness (QED) is 0.741. The fourth-order valence-corrected chi connectivity index (χ4v) is 2.77.